The van der Waals surface area contributed by atoms with Gasteiger partial charge in [0.05, 0.1) is 27.7 Å². The molecule has 4 nitrogen and oxygen atoms in total. The van der Waals surface area contributed by atoms with Gasteiger partial charge in [0.2, 0.25) is 5.91 Å². The van der Waals surface area contributed by atoms with Crippen LogP contribution in [0.5, 0.6) is 0 Å². The zero-order valence-corrected chi connectivity index (χ0v) is 17.8. The lowest BCUT2D eigenvalue weighted by molar-refractivity contribution is -0.127. The molecule has 0 saturated heterocycles. The molecule has 4 heterocycles. The van der Waals surface area contributed by atoms with E-state index in [1.54, 1.807) is 38.9 Å². The largest absolute Gasteiger partial charge is 0.340 e. The Morgan fingerprint density at radius 3 is 2.44 bits per heavy atom. The highest BCUT2D eigenvalue weighted by Crippen LogP contribution is 2.36. The molecule has 0 aliphatic heterocycles. The lowest BCUT2D eigenvalue weighted by atomic mass is 10.2. The highest BCUT2D eigenvalue weighted by molar-refractivity contribution is 7.99. The fourth-order valence-corrected chi connectivity index (χ4v) is 5.59. The zero-order valence-electron chi connectivity index (χ0n) is 14.5. The highest BCUT2D eigenvalue weighted by atomic mass is 32.2. The molecule has 0 saturated carbocycles. The normalized spacial score (nSPS) is 11.0. The molecule has 1 amide bonds. The van der Waals surface area contributed by atoms with Crippen molar-refractivity contribution in [1.29, 1.82) is 0 Å². The second-order valence-corrected chi connectivity index (χ2v) is 9.73. The maximum Gasteiger partial charge on any atom is 0.233 e. The van der Waals surface area contributed by atoms with E-state index in [2.05, 4.69) is 33.9 Å². The first kappa shape index (κ1) is 18.5. The first-order valence-electron chi connectivity index (χ1n) is 8.27. The average Bonchev–Trinajstić information content (AvgIpc) is 3.46. The minimum absolute atomic E-state index is 0.0974. The van der Waals surface area contributed by atoms with Crippen molar-refractivity contribution in [3.05, 3.63) is 57.4 Å². The number of H-pyrrole nitrogens is 1. The van der Waals surface area contributed by atoms with Crippen LogP contribution in [-0.4, -0.2) is 33.6 Å². The van der Waals surface area contributed by atoms with Gasteiger partial charge in [0.15, 0.2) is 5.16 Å². The van der Waals surface area contributed by atoms with E-state index in [-0.39, 0.29) is 5.91 Å². The van der Waals surface area contributed by atoms with Crippen molar-refractivity contribution < 1.29 is 4.79 Å². The average molecular weight is 432 g/mol. The van der Waals surface area contributed by atoms with E-state index in [0.717, 1.165) is 26.3 Å². The number of rotatable bonds is 7. The van der Waals surface area contributed by atoms with Crippen LogP contribution in [-0.2, 0) is 11.3 Å². The van der Waals surface area contributed by atoms with Gasteiger partial charge in [-0.3, -0.25) is 4.79 Å². The van der Waals surface area contributed by atoms with Gasteiger partial charge in [0.1, 0.15) is 5.69 Å². The molecule has 8 heteroatoms. The smallest absolute Gasteiger partial charge is 0.233 e. The molecule has 27 heavy (non-hydrogen) atoms. The summed E-state index contributed by atoms with van der Waals surface area (Å²) in [6.07, 6.45) is 0. The van der Waals surface area contributed by atoms with Crippen molar-refractivity contribution in [1.82, 2.24) is 14.9 Å². The van der Waals surface area contributed by atoms with Gasteiger partial charge < -0.3 is 9.88 Å². The van der Waals surface area contributed by atoms with Gasteiger partial charge in [-0.1, -0.05) is 30.0 Å². The SMILES string of the molecule is CN(Cc1cccs1)C(=O)CSc1nc(-c2cccs2)c(-c2cccs2)[nH]1. The van der Waals surface area contributed by atoms with Crippen molar-refractivity contribution >= 4 is 51.7 Å². The minimum Gasteiger partial charge on any atom is -0.340 e. The Morgan fingerprint density at radius 2 is 1.78 bits per heavy atom. The number of nitrogens with one attached hydrogen (secondary N) is 1. The number of hydrogen-bond donors (Lipinski definition) is 1. The molecule has 0 aromatic carbocycles. The number of aromatic nitrogens is 2. The molecule has 0 atom stereocenters. The summed E-state index contributed by atoms with van der Waals surface area (Å²) in [5.74, 6) is 0.462. The molecule has 138 valence electrons. The Bertz CT molecular complexity index is 937. The van der Waals surface area contributed by atoms with Crippen molar-refractivity contribution in [3.63, 3.8) is 0 Å². The van der Waals surface area contributed by atoms with Crippen LogP contribution in [0.4, 0.5) is 0 Å². The number of hydrogen-bond acceptors (Lipinski definition) is 6. The van der Waals surface area contributed by atoms with Crippen molar-refractivity contribution in [2.45, 2.75) is 11.7 Å². The monoisotopic (exact) mass is 431 g/mol. The van der Waals surface area contributed by atoms with E-state index in [9.17, 15) is 4.79 Å². The first-order valence-corrected chi connectivity index (χ1v) is 11.9. The Labute approximate surface area is 173 Å². The van der Waals surface area contributed by atoms with Crippen LogP contribution < -0.4 is 0 Å². The molecule has 0 radical (unpaired) electrons. The minimum atomic E-state index is 0.0974. The van der Waals surface area contributed by atoms with Crippen LogP contribution in [0.25, 0.3) is 21.1 Å². The summed E-state index contributed by atoms with van der Waals surface area (Å²) in [5.41, 5.74) is 1.98. The second kappa shape index (κ2) is 8.43. The summed E-state index contributed by atoms with van der Waals surface area (Å²) in [7, 11) is 1.85. The van der Waals surface area contributed by atoms with Crippen LogP contribution in [0, 0.1) is 0 Å². The number of carbonyl (C=O) groups is 1. The number of imidazole rings is 1. The maximum absolute atomic E-state index is 12.5. The lowest BCUT2D eigenvalue weighted by Gasteiger charge is -2.15. The van der Waals surface area contributed by atoms with Crippen LogP contribution in [0.3, 0.4) is 0 Å². The molecule has 1 N–H and O–H groups in total. The predicted molar refractivity (Wildman–Crippen MR) is 117 cm³/mol. The van der Waals surface area contributed by atoms with E-state index >= 15 is 0 Å². The number of thiophene rings is 3. The summed E-state index contributed by atoms with van der Waals surface area (Å²) in [5, 5.41) is 6.92. The zero-order chi connectivity index (χ0) is 18.6. The van der Waals surface area contributed by atoms with Gasteiger partial charge >= 0.3 is 0 Å². The third-order valence-electron chi connectivity index (χ3n) is 3.94. The summed E-state index contributed by atoms with van der Waals surface area (Å²) in [4.78, 5) is 25.9. The molecule has 0 unspecified atom stereocenters. The topological polar surface area (TPSA) is 49.0 Å². The van der Waals surface area contributed by atoms with E-state index in [4.69, 9.17) is 4.98 Å². The Kier molecular flexibility index (Phi) is 5.77. The van der Waals surface area contributed by atoms with Gasteiger partial charge in [-0.25, -0.2) is 4.98 Å². The molecule has 0 aliphatic rings. The molecule has 0 spiro atoms. The maximum atomic E-state index is 12.5. The van der Waals surface area contributed by atoms with Gasteiger partial charge in [-0.2, -0.15) is 0 Å². The van der Waals surface area contributed by atoms with Gasteiger partial charge in [-0.05, 0) is 34.3 Å². The number of aromatic amines is 1. The molecule has 4 rings (SSSR count). The van der Waals surface area contributed by atoms with Crippen LogP contribution in [0.2, 0.25) is 0 Å². The standard InChI is InChI=1S/C19H17N3OS4/c1-22(11-13-5-2-8-24-13)16(23)12-27-19-20-17(14-6-3-9-25-14)18(21-19)15-7-4-10-26-15/h2-10H,11-12H2,1H3,(H,20,21). The fourth-order valence-electron chi connectivity index (χ4n) is 2.58. The van der Waals surface area contributed by atoms with Crippen LogP contribution in [0.15, 0.2) is 57.7 Å². The molecule has 4 aromatic rings. The third-order valence-corrected chi connectivity index (χ3v) is 7.42. The summed E-state index contributed by atoms with van der Waals surface area (Å²) < 4.78 is 0. The molecular formula is C19H17N3OS4. The van der Waals surface area contributed by atoms with Crippen molar-refractivity contribution in [2.24, 2.45) is 0 Å². The Morgan fingerprint density at radius 1 is 1.07 bits per heavy atom. The summed E-state index contributed by atoms with van der Waals surface area (Å²) in [6, 6.07) is 12.3. The number of carbonyl (C=O) groups excluding carboxylic acids is 1. The number of amides is 1. The van der Waals surface area contributed by atoms with Crippen LogP contribution >= 0.6 is 45.8 Å². The molecule has 0 fully saturated rings. The van der Waals surface area contributed by atoms with E-state index in [1.807, 2.05) is 30.6 Å². The molecule has 4 aromatic heterocycles. The first-order chi connectivity index (χ1) is 13.2. The van der Waals surface area contributed by atoms with Crippen LogP contribution in [0.1, 0.15) is 4.88 Å². The van der Waals surface area contributed by atoms with E-state index in [0.29, 0.717) is 12.3 Å². The van der Waals surface area contributed by atoms with Crippen molar-refractivity contribution in [3.8, 4) is 21.1 Å². The van der Waals surface area contributed by atoms with Crippen molar-refractivity contribution in [2.75, 3.05) is 12.8 Å². The summed E-state index contributed by atoms with van der Waals surface area (Å²) >= 11 is 6.48. The van der Waals surface area contributed by atoms with Gasteiger partial charge in [-0.15, -0.1) is 34.0 Å². The Hall–Kier alpha value is -1.87. The Balaban J connectivity index is 1.48. The third kappa shape index (κ3) is 4.35. The molecule has 0 bridgehead atoms. The second-order valence-electron chi connectivity index (χ2n) is 5.84. The van der Waals surface area contributed by atoms with Gasteiger partial charge in [0.25, 0.3) is 0 Å². The highest BCUT2D eigenvalue weighted by Gasteiger charge is 2.17. The van der Waals surface area contributed by atoms with E-state index in [1.165, 1.54) is 16.6 Å². The number of thioether (sulfide) groups is 1. The fraction of sp³-hybridized carbons (Fsp3) is 0.158. The predicted octanol–water partition coefficient (Wildman–Crippen LogP) is 5.68. The molecule has 0 aliphatic carbocycles. The summed E-state index contributed by atoms with van der Waals surface area (Å²) in [6.45, 7) is 0.649. The van der Waals surface area contributed by atoms with Gasteiger partial charge in [0, 0.05) is 11.9 Å². The number of nitrogens with zero attached hydrogens (tertiary/aromatic N) is 2. The quantitative estimate of drug-likeness (QED) is 0.383. The lowest BCUT2D eigenvalue weighted by Crippen LogP contribution is -2.27. The molecular weight excluding hydrogens is 414 g/mol. The van der Waals surface area contributed by atoms with E-state index < -0.39 is 0 Å².